The Hall–Kier alpha value is -3.13. The number of amides is 1. The number of carbonyl (C=O) groups is 2. The van der Waals surface area contributed by atoms with Crippen molar-refractivity contribution in [2.24, 2.45) is 0 Å². The second-order valence-electron chi connectivity index (χ2n) is 5.64. The molecular formula is C17H14ClN3O5. The van der Waals surface area contributed by atoms with E-state index in [0.29, 0.717) is 17.3 Å². The largest absolute Gasteiger partial charge is 0.423 e. The zero-order valence-corrected chi connectivity index (χ0v) is 14.2. The smallest absolute Gasteiger partial charge is 0.331 e. The first-order valence-corrected chi connectivity index (χ1v) is 8.05. The number of non-ortho nitro benzene ring substituents is 1. The molecule has 1 heterocycles. The number of halogens is 1. The summed E-state index contributed by atoms with van der Waals surface area (Å²) in [5.41, 5.74) is 1.15. The summed E-state index contributed by atoms with van der Waals surface area (Å²) in [6, 6.07) is 11.0. The molecule has 3 rings (SSSR count). The van der Waals surface area contributed by atoms with Crippen molar-refractivity contribution < 1.29 is 19.2 Å². The molecule has 8 nitrogen and oxygen atoms in total. The van der Waals surface area contributed by atoms with Gasteiger partial charge in [-0.1, -0.05) is 23.7 Å². The minimum absolute atomic E-state index is 0.0703. The molecule has 1 amide bonds. The van der Waals surface area contributed by atoms with Crippen LogP contribution in [-0.2, 0) is 16.1 Å². The van der Waals surface area contributed by atoms with Crippen molar-refractivity contribution in [1.29, 1.82) is 0 Å². The summed E-state index contributed by atoms with van der Waals surface area (Å²) < 4.78 is 5.05. The van der Waals surface area contributed by atoms with Crippen molar-refractivity contribution in [2.45, 2.75) is 6.54 Å². The summed E-state index contributed by atoms with van der Waals surface area (Å²) in [5.74, 6) is -0.802. The highest BCUT2D eigenvalue weighted by atomic mass is 35.5. The van der Waals surface area contributed by atoms with E-state index in [-0.39, 0.29) is 30.4 Å². The number of fused-ring (bicyclic) bond motifs is 1. The average molecular weight is 376 g/mol. The maximum atomic E-state index is 12.2. The van der Waals surface area contributed by atoms with E-state index in [0.717, 1.165) is 5.56 Å². The number of hydrogen-bond acceptors (Lipinski definition) is 6. The lowest BCUT2D eigenvalue weighted by Crippen LogP contribution is -2.43. The molecule has 9 heteroatoms. The van der Waals surface area contributed by atoms with Gasteiger partial charge in [-0.2, -0.15) is 0 Å². The molecule has 1 aliphatic heterocycles. The third kappa shape index (κ3) is 4.09. The maximum absolute atomic E-state index is 12.2. The van der Waals surface area contributed by atoms with Gasteiger partial charge in [-0.3, -0.25) is 14.9 Å². The zero-order chi connectivity index (χ0) is 18.7. The molecule has 134 valence electrons. The molecule has 1 aliphatic rings. The van der Waals surface area contributed by atoms with Crippen LogP contribution >= 0.6 is 11.6 Å². The van der Waals surface area contributed by atoms with Crippen LogP contribution in [0.25, 0.3) is 0 Å². The number of ether oxygens (including phenoxy) is 1. The zero-order valence-electron chi connectivity index (χ0n) is 13.5. The standard InChI is InChI=1S/C17H14ClN3O5/c18-12-3-1-11(2-4-12)8-19-16(22)9-20-10-17(23)26-15-7-13(21(24)25)5-6-14(15)20/h1-7H,8-10H2,(H,19,22). The number of anilines is 1. The Morgan fingerprint density at radius 1 is 1.27 bits per heavy atom. The van der Waals surface area contributed by atoms with Gasteiger partial charge in [0, 0.05) is 17.6 Å². The molecule has 1 N–H and O–H groups in total. The number of carbonyl (C=O) groups excluding carboxylic acids is 2. The summed E-state index contributed by atoms with van der Waals surface area (Å²) in [6.45, 7) is 0.133. The highest BCUT2D eigenvalue weighted by molar-refractivity contribution is 6.30. The van der Waals surface area contributed by atoms with Crippen molar-refractivity contribution in [3.8, 4) is 5.75 Å². The second-order valence-corrected chi connectivity index (χ2v) is 6.08. The van der Waals surface area contributed by atoms with Crippen LogP contribution in [0.5, 0.6) is 5.75 Å². The van der Waals surface area contributed by atoms with E-state index in [1.165, 1.54) is 23.1 Å². The van der Waals surface area contributed by atoms with Gasteiger partial charge in [0.05, 0.1) is 23.2 Å². The van der Waals surface area contributed by atoms with Crippen LogP contribution in [0, 0.1) is 10.1 Å². The molecule has 26 heavy (non-hydrogen) atoms. The molecule has 0 saturated heterocycles. The Labute approximate surface area is 153 Å². The van der Waals surface area contributed by atoms with Crippen molar-refractivity contribution in [3.63, 3.8) is 0 Å². The van der Waals surface area contributed by atoms with Crippen LogP contribution in [0.2, 0.25) is 5.02 Å². The predicted octanol–water partition coefficient (Wildman–Crippen LogP) is 2.29. The number of nitrogens with one attached hydrogen (secondary N) is 1. The Morgan fingerprint density at radius 3 is 2.69 bits per heavy atom. The van der Waals surface area contributed by atoms with Crippen LogP contribution in [0.4, 0.5) is 11.4 Å². The molecule has 0 bridgehead atoms. The summed E-state index contributed by atoms with van der Waals surface area (Å²) in [6.07, 6.45) is 0. The minimum Gasteiger partial charge on any atom is -0.423 e. The number of nitrogens with zero attached hydrogens (tertiary/aromatic N) is 2. The molecule has 0 fully saturated rings. The summed E-state index contributed by atoms with van der Waals surface area (Å²) in [7, 11) is 0. The average Bonchev–Trinajstić information content (AvgIpc) is 2.60. The third-order valence-corrected chi connectivity index (χ3v) is 4.03. The Bertz CT molecular complexity index is 869. The lowest BCUT2D eigenvalue weighted by atomic mass is 10.2. The number of hydrogen-bond donors (Lipinski definition) is 1. The van der Waals surface area contributed by atoms with E-state index in [1.54, 1.807) is 24.3 Å². The highest BCUT2D eigenvalue weighted by Crippen LogP contribution is 2.34. The first kappa shape index (κ1) is 17.7. The van der Waals surface area contributed by atoms with Crippen LogP contribution in [-0.4, -0.2) is 29.9 Å². The number of nitro groups is 1. The van der Waals surface area contributed by atoms with Gasteiger partial charge in [-0.25, -0.2) is 4.79 Å². The van der Waals surface area contributed by atoms with Gasteiger partial charge in [0.15, 0.2) is 5.75 Å². The Morgan fingerprint density at radius 2 is 2.00 bits per heavy atom. The first-order chi connectivity index (χ1) is 12.4. The lowest BCUT2D eigenvalue weighted by molar-refractivity contribution is -0.384. The number of rotatable bonds is 5. The van der Waals surface area contributed by atoms with E-state index >= 15 is 0 Å². The molecule has 0 atom stereocenters. The van der Waals surface area contributed by atoms with Crippen molar-refractivity contribution in [3.05, 3.63) is 63.2 Å². The molecule has 0 radical (unpaired) electrons. The molecule has 0 unspecified atom stereocenters. The number of esters is 1. The van der Waals surface area contributed by atoms with Crippen LogP contribution in [0.3, 0.4) is 0 Å². The van der Waals surface area contributed by atoms with Crippen molar-refractivity contribution in [2.75, 3.05) is 18.0 Å². The van der Waals surface area contributed by atoms with Crippen LogP contribution in [0.15, 0.2) is 42.5 Å². The highest BCUT2D eigenvalue weighted by Gasteiger charge is 2.27. The number of benzene rings is 2. The van der Waals surface area contributed by atoms with Gasteiger partial charge in [0.25, 0.3) is 5.69 Å². The van der Waals surface area contributed by atoms with Crippen molar-refractivity contribution >= 4 is 34.9 Å². The summed E-state index contributed by atoms with van der Waals surface area (Å²) >= 11 is 5.82. The topological polar surface area (TPSA) is 102 Å². The summed E-state index contributed by atoms with van der Waals surface area (Å²) in [4.78, 5) is 35.7. The van der Waals surface area contributed by atoms with Crippen molar-refractivity contribution in [1.82, 2.24) is 5.32 Å². The summed E-state index contributed by atoms with van der Waals surface area (Å²) in [5, 5.41) is 14.2. The normalized spacial score (nSPS) is 13.0. The van der Waals surface area contributed by atoms with Crippen LogP contribution in [0.1, 0.15) is 5.56 Å². The molecule has 0 saturated carbocycles. The number of nitro benzene ring substituents is 1. The maximum Gasteiger partial charge on any atom is 0.331 e. The van der Waals surface area contributed by atoms with E-state index in [4.69, 9.17) is 16.3 Å². The van der Waals surface area contributed by atoms with E-state index in [1.807, 2.05) is 0 Å². The van der Waals surface area contributed by atoms with E-state index in [9.17, 15) is 19.7 Å². The van der Waals surface area contributed by atoms with E-state index in [2.05, 4.69) is 5.32 Å². The molecule has 2 aromatic carbocycles. The van der Waals surface area contributed by atoms with Gasteiger partial charge in [-0.05, 0) is 23.8 Å². The van der Waals surface area contributed by atoms with Crippen LogP contribution < -0.4 is 15.0 Å². The first-order valence-electron chi connectivity index (χ1n) is 7.67. The Balaban J connectivity index is 1.67. The Kier molecular flexibility index (Phi) is 5.04. The predicted molar refractivity (Wildman–Crippen MR) is 94.2 cm³/mol. The molecule has 0 aromatic heterocycles. The van der Waals surface area contributed by atoms with E-state index < -0.39 is 10.9 Å². The molecule has 0 aliphatic carbocycles. The molecule has 2 aromatic rings. The quantitative estimate of drug-likeness (QED) is 0.372. The van der Waals surface area contributed by atoms with Gasteiger partial charge in [0.1, 0.15) is 6.54 Å². The molecular weight excluding hydrogens is 362 g/mol. The monoisotopic (exact) mass is 375 g/mol. The fraction of sp³-hybridized carbons (Fsp3) is 0.176. The van der Waals surface area contributed by atoms with Gasteiger partial charge in [-0.15, -0.1) is 0 Å². The molecule has 0 spiro atoms. The third-order valence-electron chi connectivity index (χ3n) is 3.78. The lowest BCUT2D eigenvalue weighted by Gasteiger charge is -2.28. The van der Waals surface area contributed by atoms with Gasteiger partial charge >= 0.3 is 5.97 Å². The van der Waals surface area contributed by atoms with Gasteiger partial charge < -0.3 is 15.0 Å². The second kappa shape index (κ2) is 7.40. The van der Waals surface area contributed by atoms with Gasteiger partial charge in [0.2, 0.25) is 5.91 Å². The SMILES string of the molecule is O=C(CN1CC(=O)Oc2cc([N+](=O)[O-])ccc21)NCc1ccc(Cl)cc1. The minimum atomic E-state index is -0.580. The fourth-order valence-electron chi connectivity index (χ4n) is 2.53. The fourth-order valence-corrected chi connectivity index (χ4v) is 2.65.